The Morgan fingerprint density at radius 1 is 1.11 bits per heavy atom. The van der Waals surface area contributed by atoms with Gasteiger partial charge in [-0.1, -0.05) is 42.1 Å². The molecular weight excluding hydrogens is 371 g/mol. The van der Waals surface area contributed by atoms with Crippen LogP contribution in [-0.2, 0) is 6.61 Å². The van der Waals surface area contributed by atoms with Gasteiger partial charge in [-0.3, -0.25) is 0 Å². The molecule has 1 aliphatic rings. The molecule has 0 saturated carbocycles. The Morgan fingerprint density at radius 3 is 2.70 bits per heavy atom. The summed E-state index contributed by atoms with van der Waals surface area (Å²) in [6.45, 7) is 0.387. The molecule has 0 N–H and O–H groups in total. The standard InChI is InChI=1S/C18H15FN4O3S/c19-14-8-4-5-9-15(14)25-12-16-20-21-17-23(16)22(10-11-27-17)18(24)26-13-6-2-1-3-7-13/h1-9H,10-12H2. The number of carbonyl (C=O) groups is 1. The largest absolute Gasteiger partial charge is 0.482 e. The highest BCUT2D eigenvalue weighted by molar-refractivity contribution is 7.99. The molecule has 4 rings (SSSR count). The number of amides is 1. The summed E-state index contributed by atoms with van der Waals surface area (Å²) in [4.78, 5) is 12.6. The topological polar surface area (TPSA) is 69.5 Å². The highest BCUT2D eigenvalue weighted by Gasteiger charge is 2.29. The summed E-state index contributed by atoms with van der Waals surface area (Å²) in [5.74, 6) is 1.13. The molecule has 0 atom stereocenters. The number of benzene rings is 2. The van der Waals surface area contributed by atoms with Crippen LogP contribution < -0.4 is 14.5 Å². The summed E-state index contributed by atoms with van der Waals surface area (Å²) >= 11 is 1.47. The van der Waals surface area contributed by atoms with Crippen molar-refractivity contribution in [3.8, 4) is 11.5 Å². The predicted octanol–water partition coefficient (Wildman–Crippen LogP) is 3.24. The highest BCUT2D eigenvalue weighted by atomic mass is 32.2. The van der Waals surface area contributed by atoms with E-state index in [1.165, 1.54) is 28.9 Å². The lowest BCUT2D eigenvalue weighted by Crippen LogP contribution is -2.47. The molecule has 0 saturated heterocycles. The molecule has 0 aliphatic carbocycles. The van der Waals surface area contributed by atoms with Gasteiger partial charge in [0.2, 0.25) is 5.16 Å². The second-order valence-electron chi connectivity index (χ2n) is 5.58. The third-order valence-electron chi connectivity index (χ3n) is 3.80. The summed E-state index contributed by atoms with van der Waals surface area (Å²) in [7, 11) is 0. The fraction of sp³-hybridized carbons (Fsp3) is 0.167. The lowest BCUT2D eigenvalue weighted by Gasteiger charge is -2.28. The number of hydrogen-bond acceptors (Lipinski definition) is 6. The van der Waals surface area contributed by atoms with Crippen molar-refractivity contribution >= 4 is 17.9 Å². The quantitative estimate of drug-likeness (QED) is 0.686. The maximum absolute atomic E-state index is 13.7. The van der Waals surface area contributed by atoms with Crippen molar-refractivity contribution in [1.29, 1.82) is 0 Å². The molecule has 0 spiro atoms. The monoisotopic (exact) mass is 386 g/mol. The predicted molar refractivity (Wildman–Crippen MR) is 97.0 cm³/mol. The maximum Gasteiger partial charge on any atom is 0.434 e. The molecule has 2 aromatic carbocycles. The maximum atomic E-state index is 13.7. The van der Waals surface area contributed by atoms with Gasteiger partial charge in [0.25, 0.3) is 0 Å². The van der Waals surface area contributed by atoms with E-state index in [9.17, 15) is 9.18 Å². The van der Waals surface area contributed by atoms with Gasteiger partial charge in [0.1, 0.15) is 12.4 Å². The molecule has 2 heterocycles. The average Bonchev–Trinajstić information content (AvgIpc) is 3.11. The van der Waals surface area contributed by atoms with Gasteiger partial charge in [0.05, 0.1) is 6.54 Å². The first-order valence-electron chi connectivity index (χ1n) is 8.21. The Kier molecular flexibility index (Phi) is 4.93. The molecule has 7 nitrogen and oxygen atoms in total. The molecule has 0 unspecified atom stereocenters. The number of rotatable bonds is 4. The SMILES string of the molecule is O=C(Oc1ccccc1)N1CCSc2nnc(COc3ccccc3F)n21. The van der Waals surface area contributed by atoms with Gasteiger partial charge < -0.3 is 9.47 Å². The Labute approximate surface area is 158 Å². The van der Waals surface area contributed by atoms with E-state index in [4.69, 9.17) is 9.47 Å². The number of fused-ring (bicyclic) bond motifs is 1. The van der Waals surface area contributed by atoms with Crippen molar-refractivity contribution < 1.29 is 18.7 Å². The van der Waals surface area contributed by atoms with Crippen LogP contribution in [0.25, 0.3) is 0 Å². The smallest absolute Gasteiger partial charge is 0.434 e. The van der Waals surface area contributed by atoms with Crippen molar-refractivity contribution in [3.63, 3.8) is 0 Å². The summed E-state index contributed by atoms with van der Waals surface area (Å²) in [6, 6.07) is 14.9. The minimum absolute atomic E-state index is 0.0381. The first kappa shape index (κ1) is 17.3. The van der Waals surface area contributed by atoms with Crippen LogP contribution in [0.4, 0.5) is 9.18 Å². The third kappa shape index (κ3) is 3.72. The first-order chi connectivity index (χ1) is 13.2. The molecule has 9 heteroatoms. The third-order valence-corrected chi connectivity index (χ3v) is 4.70. The van der Waals surface area contributed by atoms with E-state index in [1.807, 2.05) is 6.07 Å². The zero-order chi connectivity index (χ0) is 18.6. The van der Waals surface area contributed by atoms with Gasteiger partial charge in [-0.15, -0.1) is 10.2 Å². The zero-order valence-electron chi connectivity index (χ0n) is 14.1. The van der Waals surface area contributed by atoms with Crippen molar-refractivity contribution in [2.24, 2.45) is 0 Å². The lowest BCUT2D eigenvalue weighted by atomic mass is 10.3. The second kappa shape index (κ2) is 7.67. The van der Waals surface area contributed by atoms with Crippen molar-refractivity contribution in [2.45, 2.75) is 11.8 Å². The van der Waals surface area contributed by atoms with Crippen LogP contribution >= 0.6 is 11.8 Å². The molecule has 1 aromatic heterocycles. The number of thioether (sulfide) groups is 1. The van der Waals surface area contributed by atoms with E-state index < -0.39 is 11.9 Å². The Balaban J connectivity index is 1.54. The van der Waals surface area contributed by atoms with Gasteiger partial charge in [-0.05, 0) is 24.3 Å². The highest BCUT2D eigenvalue weighted by Crippen LogP contribution is 2.24. The lowest BCUT2D eigenvalue weighted by molar-refractivity contribution is 0.197. The second-order valence-corrected chi connectivity index (χ2v) is 6.64. The van der Waals surface area contributed by atoms with Crippen LogP contribution in [0.3, 0.4) is 0 Å². The molecule has 3 aromatic rings. The summed E-state index contributed by atoms with van der Waals surface area (Å²) in [5.41, 5.74) is 0. The van der Waals surface area contributed by atoms with Crippen LogP contribution in [0.1, 0.15) is 5.82 Å². The number of halogens is 1. The summed E-state index contributed by atoms with van der Waals surface area (Å²) in [6.07, 6.45) is -0.547. The van der Waals surface area contributed by atoms with Gasteiger partial charge in [0.15, 0.2) is 17.4 Å². The number of aromatic nitrogens is 3. The number of ether oxygens (including phenoxy) is 2. The van der Waals surface area contributed by atoms with Gasteiger partial charge in [-0.25, -0.2) is 18.9 Å². The molecule has 1 amide bonds. The Hall–Kier alpha value is -3.07. The van der Waals surface area contributed by atoms with Crippen molar-refractivity contribution in [3.05, 3.63) is 66.2 Å². The average molecular weight is 386 g/mol. The van der Waals surface area contributed by atoms with Crippen molar-refractivity contribution in [2.75, 3.05) is 17.3 Å². The van der Waals surface area contributed by atoms with E-state index in [-0.39, 0.29) is 12.4 Å². The number of nitrogens with zero attached hydrogens (tertiary/aromatic N) is 4. The molecular formula is C18H15FN4O3S. The Bertz CT molecular complexity index is 951. The summed E-state index contributed by atoms with van der Waals surface area (Å²) in [5, 5.41) is 10.1. The minimum atomic E-state index is -0.547. The fourth-order valence-corrected chi connectivity index (χ4v) is 3.43. The molecule has 0 fully saturated rings. The van der Waals surface area contributed by atoms with Crippen LogP contribution in [0, 0.1) is 5.82 Å². The van der Waals surface area contributed by atoms with Crippen LogP contribution in [0.15, 0.2) is 59.8 Å². The van der Waals surface area contributed by atoms with E-state index in [2.05, 4.69) is 10.2 Å². The van der Waals surface area contributed by atoms with Gasteiger partial charge in [0, 0.05) is 5.75 Å². The van der Waals surface area contributed by atoms with E-state index in [0.717, 1.165) is 0 Å². The summed E-state index contributed by atoms with van der Waals surface area (Å²) < 4.78 is 26.2. The molecule has 138 valence electrons. The van der Waals surface area contributed by atoms with Gasteiger partial charge in [-0.2, -0.15) is 0 Å². The Morgan fingerprint density at radius 2 is 1.89 bits per heavy atom. The van der Waals surface area contributed by atoms with E-state index in [0.29, 0.717) is 29.0 Å². The number of hydrogen-bond donors (Lipinski definition) is 0. The molecule has 0 radical (unpaired) electrons. The van der Waals surface area contributed by atoms with Crippen LogP contribution in [0.2, 0.25) is 0 Å². The van der Waals surface area contributed by atoms with Crippen LogP contribution in [-0.4, -0.2) is 33.3 Å². The molecule has 1 aliphatic heterocycles. The first-order valence-corrected chi connectivity index (χ1v) is 9.20. The fourth-order valence-electron chi connectivity index (χ4n) is 2.56. The van der Waals surface area contributed by atoms with Crippen LogP contribution in [0.5, 0.6) is 11.5 Å². The van der Waals surface area contributed by atoms with E-state index in [1.54, 1.807) is 41.1 Å². The minimum Gasteiger partial charge on any atom is -0.482 e. The normalized spacial score (nSPS) is 13.1. The number of carbonyl (C=O) groups excluding carboxylic acids is 1. The zero-order valence-corrected chi connectivity index (χ0v) is 14.9. The number of para-hydroxylation sites is 2. The van der Waals surface area contributed by atoms with Crippen molar-refractivity contribution in [1.82, 2.24) is 14.9 Å². The van der Waals surface area contributed by atoms with Gasteiger partial charge >= 0.3 is 6.09 Å². The molecule has 27 heavy (non-hydrogen) atoms. The molecule has 0 bridgehead atoms. The van der Waals surface area contributed by atoms with E-state index >= 15 is 0 Å².